The molecule has 0 saturated heterocycles. The molecule has 1 saturated carbocycles. The van der Waals surface area contributed by atoms with Crippen LogP contribution < -0.4 is 5.73 Å². The van der Waals surface area contributed by atoms with Gasteiger partial charge in [0, 0.05) is 17.0 Å². The molecule has 1 aromatic carbocycles. The van der Waals surface area contributed by atoms with Gasteiger partial charge >= 0.3 is 0 Å². The van der Waals surface area contributed by atoms with Crippen LogP contribution in [0, 0.1) is 13.8 Å². The van der Waals surface area contributed by atoms with Crippen molar-refractivity contribution >= 4 is 15.9 Å². The molecule has 0 radical (unpaired) electrons. The Balaban J connectivity index is 2.59. The lowest BCUT2D eigenvalue weighted by Crippen LogP contribution is -2.31. The van der Waals surface area contributed by atoms with Crippen LogP contribution in [0.3, 0.4) is 0 Å². The van der Waals surface area contributed by atoms with Gasteiger partial charge in [-0.1, -0.05) is 6.07 Å². The van der Waals surface area contributed by atoms with Crippen molar-refractivity contribution in [3.8, 4) is 5.75 Å². The Morgan fingerprint density at radius 3 is 2.44 bits per heavy atom. The number of hydrogen-bond acceptors (Lipinski definition) is 2. The van der Waals surface area contributed by atoms with Crippen LogP contribution in [0.2, 0.25) is 0 Å². The summed E-state index contributed by atoms with van der Waals surface area (Å²) in [5.41, 5.74) is 9.36. The number of phenolic OH excluding ortho intramolecular Hbond substituents is 1. The number of nitrogens with two attached hydrogens (primary N) is 1. The molecule has 1 aliphatic carbocycles. The molecular weight excluding hydrogens is 266 g/mol. The zero-order valence-corrected chi connectivity index (χ0v) is 11.6. The SMILES string of the molecule is Cc1cc(C2(C(C)N)CC2)c(O)c(Br)c1C. The summed E-state index contributed by atoms with van der Waals surface area (Å²) in [6.07, 6.45) is 2.15. The number of benzene rings is 1. The van der Waals surface area contributed by atoms with Crippen LogP contribution in [-0.2, 0) is 5.41 Å². The van der Waals surface area contributed by atoms with E-state index in [9.17, 15) is 5.11 Å². The zero-order chi connectivity index (χ0) is 12.1. The lowest BCUT2D eigenvalue weighted by molar-refractivity contribution is 0.442. The first-order valence-electron chi connectivity index (χ1n) is 5.65. The van der Waals surface area contributed by atoms with Crippen molar-refractivity contribution in [2.24, 2.45) is 5.73 Å². The molecule has 2 nitrogen and oxygen atoms in total. The highest BCUT2D eigenvalue weighted by molar-refractivity contribution is 9.10. The number of hydrogen-bond donors (Lipinski definition) is 2. The Morgan fingerprint density at radius 2 is 2.00 bits per heavy atom. The summed E-state index contributed by atoms with van der Waals surface area (Å²) in [5, 5.41) is 10.2. The molecule has 16 heavy (non-hydrogen) atoms. The summed E-state index contributed by atoms with van der Waals surface area (Å²) >= 11 is 3.46. The fraction of sp³-hybridized carbons (Fsp3) is 0.538. The highest BCUT2D eigenvalue weighted by Crippen LogP contribution is 2.54. The topological polar surface area (TPSA) is 46.2 Å². The van der Waals surface area contributed by atoms with Crippen LogP contribution in [0.1, 0.15) is 36.5 Å². The van der Waals surface area contributed by atoms with Gasteiger partial charge in [-0.2, -0.15) is 0 Å². The van der Waals surface area contributed by atoms with Crippen LogP contribution in [0.25, 0.3) is 0 Å². The monoisotopic (exact) mass is 283 g/mol. The maximum Gasteiger partial charge on any atom is 0.133 e. The fourth-order valence-corrected chi connectivity index (χ4v) is 2.87. The van der Waals surface area contributed by atoms with Gasteiger partial charge in [-0.15, -0.1) is 0 Å². The summed E-state index contributed by atoms with van der Waals surface area (Å²) in [6.45, 7) is 6.10. The maximum atomic E-state index is 10.2. The van der Waals surface area contributed by atoms with Crippen molar-refractivity contribution in [3.05, 3.63) is 27.2 Å². The molecule has 1 fully saturated rings. The van der Waals surface area contributed by atoms with E-state index < -0.39 is 0 Å². The van der Waals surface area contributed by atoms with Gasteiger partial charge in [-0.3, -0.25) is 0 Å². The van der Waals surface area contributed by atoms with E-state index in [1.54, 1.807) is 0 Å². The molecule has 0 spiro atoms. The van der Waals surface area contributed by atoms with E-state index in [1.807, 2.05) is 13.8 Å². The molecule has 1 atom stereocenters. The summed E-state index contributed by atoms with van der Waals surface area (Å²) in [4.78, 5) is 0. The third-order valence-corrected chi connectivity index (χ3v) is 4.91. The molecular formula is C13H18BrNO. The van der Waals surface area contributed by atoms with E-state index in [4.69, 9.17) is 5.73 Å². The summed E-state index contributed by atoms with van der Waals surface area (Å²) in [5.74, 6) is 0.373. The van der Waals surface area contributed by atoms with E-state index in [0.717, 1.165) is 28.4 Å². The van der Waals surface area contributed by atoms with Gasteiger partial charge in [0.2, 0.25) is 0 Å². The minimum atomic E-state index is 0.00502. The van der Waals surface area contributed by atoms with E-state index in [0.29, 0.717) is 5.75 Å². The molecule has 88 valence electrons. The second kappa shape index (κ2) is 3.74. The lowest BCUT2D eigenvalue weighted by Gasteiger charge is -2.23. The quantitative estimate of drug-likeness (QED) is 0.876. The second-order valence-corrected chi connectivity index (χ2v) is 5.77. The molecule has 1 aromatic rings. The zero-order valence-electron chi connectivity index (χ0n) is 9.97. The van der Waals surface area contributed by atoms with Crippen LogP contribution in [0.15, 0.2) is 10.5 Å². The van der Waals surface area contributed by atoms with Gasteiger partial charge in [-0.05, 0) is 60.7 Å². The smallest absolute Gasteiger partial charge is 0.133 e. The van der Waals surface area contributed by atoms with Crippen LogP contribution in [0.5, 0.6) is 5.75 Å². The highest BCUT2D eigenvalue weighted by Gasteiger charge is 2.49. The summed E-state index contributed by atoms with van der Waals surface area (Å²) in [7, 11) is 0. The number of phenols is 1. The molecule has 0 amide bonds. The Morgan fingerprint density at radius 1 is 1.44 bits per heavy atom. The summed E-state index contributed by atoms with van der Waals surface area (Å²) in [6, 6.07) is 2.18. The van der Waals surface area contributed by atoms with Crippen LogP contribution in [-0.4, -0.2) is 11.1 Å². The number of aryl methyl sites for hydroxylation is 1. The number of rotatable bonds is 2. The second-order valence-electron chi connectivity index (χ2n) is 4.97. The van der Waals surface area contributed by atoms with Gasteiger partial charge in [0.15, 0.2) is 0 Å². The van der Waals surface area contributed by atoms with E-state index in [2.05, 4.69) is 28.9 Å². The Hall–Kier alpha value is -0.540. The first kappa shape index (κ1) is 11.9. The first-order chi connectivity index (χ1) is 7.40. The third kappa shape index (κ3) is 1.57. The van der Waals surface area contributed by atoms with Crippen molar-refractivity contribution in [2.75, 3.05) is 0 Å². The Kier molecular flexibility index (Phi) is 2.79. The lowest BCUT2D eigenvalue weighted by atomic mass is 9.87. The molecule has 3 N–H and O–H groups in total. The largest absolute Gasteiger partial charge is 0.506 e. The van der Waals surface area contributed by atoms with Gasteiger partial charge in [0.25, 0.3) is 0 Å². The third-order valence-electron chi connectivity index (χ3n) is 3.94. The minimum Gasteiger partial charge on any atom is -0.506 e. The number of halogens is 1. The van der Waals surface area contributed by atoms with Crippen molar-refractivity contribution in [3.63, 3.8) is 0 Å². The Labute approximate surface area is 105 Å². The first-order valence-corrected chi connectivity index (χ1v) is 6.44. The standard InChI is InChI=1S/C13H18BrNO/c1-7-6-10(12(16)11(14)8(7)2)13(4-5-13)9(3)15/h6,9,16H,4-5,15H2,1-3H3. The molecule has 0 aromatic heterocycles. The maximum absolute atomic E-state index is 10.2. The van der Waals surface area contributed by atoms with E-state index in [1.165, 1.54) is 5.56 Å². The van der Waals surface area contributed by atoms with E-state index in [-0.39, 0.29) is 11.5 Å². The minimum absolute atomic E-state index is 0.00502. The van der Waals surface area contributed by atoms with Crippen LogP contribution >= 0.6 is 15.9 Å². The molecule has 1 aliphatic rings. The summed E-state index contributed by atoms with van der Waals surface area (Å²) < 4.78 is 0.814. The van der Waals surface area contributed by atoms with Gasteiger partial charge in [0.05, 0.1) is 4.47 Å². The Bertz CT molecular complexity index is 436. The van der Waals surface area contributed by atoms with Crippen LogP contribution in [0.4, 0.5) is 0 Å². The highest BCUT2D eigenvalue weighted by atomic mass is 79.9. The van der Waals surface area contributed by atoms with Gasteiger partial charge < -0.3 is 10.8 Å². The van der Waals surface area contributed by atoms with Crippen molar-refractivity contribution in [2.45, 2.75) is 45.1 Å². The van der Waals surface area contributed by atoms with Crippen molar-refractivity contribution in [1.29, 1.82) is 0 Å². The predicted octanol–water partition coefficient (Wildman–Crippen LogP) is 3.15. The van der Waals surface area contributed by atoms with Crippen molar-refractivity contribution < 1.29 is 5.11 Å². The molecule has 3 heteroatoms. The molecule has 2 rings (SSSR count). The molecule has 0 aliphatic heterocycles. The van der Waals surface area contributed by atoms with Gasteiger partial charge in [-0.25, -0.2) is 0 Å². The number of aromatic hydroxyl groups is 1. The molecule has 0 bridgehead atoms. The fourth-order valence-electron chi connectivity index (χ4n) is 2.35. The average molecular weight is 284 g/mol. The van der Waals surface area contributed by atoms with E-state index >= 15 is 0 Å². The molecule has 0 heterocycles. The molecule has 1 unspecified atom stereocenters. The average Bonchev–Trinajstić information content (AvgIpc) is 3.01. The van der Waals surface area contributed by atoms with Crippen molar-refractivity contribution in [1.82, 2.24) is 0 Å². The normalized spacial score (nSPS) is 19.6. The predicted molar refractivity (Wildman–Crippen MR) is 69.8 cm³/mol. The van der Waals surface area contributed by atoms with Gasteiger partial charge in [0.1, 0.15) is 5.75 Å².